The Labute approximate surface area is 171 Å². The van der Waals surface area contributed by atoms with Crippen molar-refractivity contribution >= 4 is 34.8 Å². The number of hydrogen-bond donors (Lipinski definition) is 1. The molecule has 0 saturated heterocycles. The first kappa shape index (κ1) is 20.2. The van der Waals surface area contributed by atoms with Crippen LogP contribution in [0.1, 0.15) is 18.1 Å². The Morgan fingerprint density at radius 1 is 0.889 bits per heavy atom. The van der Waals surface area contributed by atoms with Gasteiger partial charge in [0.25, 0.3) is 0 Å². The third-order valence-electron chi connectivity index (χ3n) is 4.49. The second kappa shape index (κ2) is 8.62. The first-order valence-corrected chi connectivity index (χ1v) is 12.6. The summed E-state index contributed by atoms with van der Waals surface area (Å²) in [6, 6.07) is 28.2. The van der Waals surface area contributed by atoms with Crippen LogP contribution in [-0.2, 0) is 28.4 Å². The van der Waals surface area contributed by atoms with Gasteiger partial charge in [-0.15, -0.1) is 12.2 Å². The van der Waals surface area contributed by atoms with E-state index in [0.29, 0.717) is 6.42 Å². The minimum atomic E-state index is -2.53. The van der Waals surface area contributed by atoms with E-state index in [2.05, 4.69) is 31.2 Å². The summed E-state index contributed by atoms with van der Waals surface area (Å²) >= 11 is 10.7. The van der Waals surface area contributed by atoms with Crippen LogP contribution in [0.5, 0.6) is 5.75 Å². The molecule has 0 amide bonds. The third kappa shape index (κ3) is 5.03. The molecule has 2 unspecified atom stereocenters. The fourth-order valence-electron chi connectivity index (χ4n) is 3.06. The molecule has 3 aromatic rings. The van der Waals surface area contributed by atoms with Crippen LogP contribution in [0, 0.1) is 0 Å². The van der Waals surface area contributed by atoms with E-state index in [1.54, 1.807) is 7.11 Å². The Bertz CT molecular complexity index is 914. The Morgan fingerprint density at radius 2 is 1.44 bits per heavy atom. The van der Waals surface area contributed by atoms with E-state index in [-0.39, 0.29) is 0 Å². The van der Waals surface area contributed by atoms with Crippen molar-refractivity contribution in [1.29, 1.82) is 0 Å². The molecule has 0 radical (unpaired) electrons. The summed E-state index contributed by atoms with van der Waals surface area (Å²) in [5.41, 5.74) is -0.826. The summed E-state index contributed by atoms with van der Waals surface area (Å²) in [4.78, 5) is 0. The SMILES string of the molecule is COc1ccc(P(=S)(S)OC(C)(Cc2ccccc2)c2ccccc2)cc1. The molecule has 5 heteroatoms. The van der Waals surface area contributed by atoms with Gasteiger partial charge in [0, 0.05) is 11.7 Å². The first-order chi connectivity index (χ1) is 12.9. The van der Waals surface area contributed by atoms with Crippen LogP contribution >= 0.6 is 17.7 Å². The zero-order valence-corrected chi connectivity index (χ0v) is 18.0. The van der Waals surface area contributed by atoms with E-state index >= 15 is 0 Å². The van der Waals surface area contributed by atoms with Gasteiger partial charge in [0.1, 0.15) is 16.8 Å². The van der Waals surface area contributed by atoms with E-state index in [1.165, 1.54) is 5.56 Å². The van der Waals surface area contributed by atoms with E-state index in [0.717, 1.165) is 16.6 Å². The maximum absolute atomic E-state index is 6.62. The van der Waals surface area contributed by atoms with Crippen LogP contribution in [0.15, 0.2) is 84.9 Å². The summed E-state index contributed by atoms with van der Waals surface area (Å²) in [5, 5.41) is 0.914. The van der Waals surface area contributed by atoms with Gasteiger partial charge in [0.2, 0.25) is 0 Å². The molecule has 0 aliphatic carbocycles. The van der Waals surface area contributed by atoms with Gasteiger partial charge in [-0.25, -0.2) is 0 Å². The normalized spacial score (nSPS) is 15.5. The maximum atomic E-state index is 6.62. The smallest absolute Gasteiger partial charge is 0.146 e. The number of benzene rings is 3. The minimum Gasteiger partial charge on any atom is -0.497 e. The second-order valence-electron chi connectivity index (χ2n) is 6.57. The zero-order chi connectivity index (χ0) is 19.3. The highest BCUT2D eigenvalue weighted by atomic mass is 32.9. The van der Waals surface area contributed by atoms with Crippen molar-refractivity contribution in [3.8, 4) is 5.75 Å². The monoisotopic (exact) mass is 414 g/mol. The number of ether oxygens (including phenoxy) is 1. The van der Waals surface area contributed by atoms with Gasteiger partial charge in [-0.2, -0.15) is 0 Å². The quantitative estimate of drug-likeness (QED) is 0.393. The molecule has 3 rings (SSSR count). The van der Waals surface area contributed by atoms with E-state index < -0.39 is 11.1 Å². The molecule has 0 aliphatic heterocycles. The van der Waals surface area contributed by atoms with Crippen molar-refractivity contribution in [3.63, 3.8) is 0 Å². The van der Waals surface area contributed by atoms with Crippen LogP contribution in [-0.4, -0.2) is 7.11 Å². The summed E-state index contributed by atoms with van der Waals surface area (Å²) in [6.45, 7) is 2.09. The fraction of sp³-hybridized carbons (Fsp3) is 0.182. The van der Waals surface area contributed by atoms with Crippen molar-refractivity contribution in [2.24, 2.45) is 0 Å². The van der Waals surface area contributed by atoms with Gasteiger partial charge in [-0.3, -0.25) is 0 Å². The van der Waals surface area contributed by atoms with E-state index in [1.807, 2.05) is 60.7 Å². The average molecular weight is 415 g/mol. The van der Waals surface area contributed by atoms with Gasteiger partial charge in [-0.05, 0) is 42.3 Å². The minimum absolute atomic E-state index is 0.584. The molecule has 0 fully saturated rings. The van der Waals surface area contributed by atoms with Crippen LogP contribution < -0.4 is 10.0 Å². The summed E-state index contributed by atoms with van der Waals surface area (Å²) in [7, 11) is 1.65. The predicted octanol–water partition coefficient (Wildman–Crippen LogP) is 5.73. The average Bonchev–Trinajstić information content (AvgIpc) is 2.69. The largest absolute Gasteiger partial charge is 0.497 e. The lowest BCUT2D eigenvalue weighted by Crippen LogP contribution is -2.28. The molecule has 0 bridgehead atoms. The highest BCUT2D eigenvalue weighted by Crippen LogP contribution is 2.56. The van der Waals surface area contributed by atoms with Gasteiger partial charge < -0.3 is 9.26 Å². The van der Waals surface area contributed by atoms with Crippen LogP contribution in [0.4, 0.5) is 0 Å². The van der Waals surface area contributed by atoms with Crippen molar-refractivity contribution in [1.82, 2.24) is 0 Å². The molecule has 0 saturated carbocycles. The molecular formula is C22H23O2PS2. The number of hydrogen-bond acceptors (Lipinski definition) is 3. The van der Waals surface area contributed by atoms with E-state index in [9.17, 15) is 0 Å². The molecule has 0 aromatic heterocycles. The Balaban J connectivity index is 1.96. The Morgan fingerprint density at radius 3 is 2.00 bits per heavy atom. The zero-order valence-electron chi connectivity index (χ0n) is 15.4. The van der Waals surface area contributed by atoms with Crippen molar-refractivity contribution in [2.45, 2.75) is 18.9 Å². The Hall–Kier alpha value is -1.58. The number of rotatable bonds is 7. The molecule has 0 heterocycles. The lowest BCUT2D eigenvalue weighted by atomic mass is 9.89. The molecule has 2 atom stereocenters. The molecule has 2 nitrogen and oxygen atoms in total. The third-order valence-corrected chi connectivity index (χ3v) is 7.89. The number of methoxy groups -OCH3 is 1. The topological polar surface area (TPSA) is 18.5 Å². The van der Waals surface area contributed by atoms with Crippen molar-refractivity contribution < 1.29 is 9.26 Å². The predicted molar refractivity (Wildman–Crippen MR) is 121 cm³/mol. The molecule has 27 heavy (non-hydrogen) atoms. The van der Waals surface area contributed by atoms with Crippen molar-refractivity contribution in [2.75, 3.05) is 7.11 Å². The van der Waals surface area contributed by atoms with Gasteiger partial charge >= 0.3 is 0 Å². The summed E-state index contributed by atoms with van der Waals surface area (Å²) in [6.07, 6.45) is 0.715. The highest BCUT2D eigenvalue weighted by molar-refractivity contribution is 8.64. The lowest BCUT2D eigenvalue weighted by molar-refractivity contribution is 0.110. The lowest BCUT2D eigenvalue weighted by Gasteiger charge is -2.35. The number of thiol groups is 1. The summed E-state index contributed by atoms with van der Waals surface area (Å²) < 4.78 is 11.9. The molecule has 0 spiro atoms. The van der Waals surface area contributed by atoms with Crippen LogP contribution in [0.3, 0.4) is 0 Å². The highest BCUT2D eigenvalue weighted by Gasteiger charge is 2.34. The van der Waals surface area contributed by atoms with Crippen LogP contribution in [0.2, 0.25) is 0 Å². The van der Waals surface area contributed by atoms with Gasteiger partial charge in [-0.1, -0.05) is 72.5 Å². The standard InChI is InChI=1S/C22H23O2PS2/c1-22(19-11-7-4-8-12-19,17-18-9-5-3-6-10-18)24-25(26,27)21-15-13-20(23-2)14-16-21/h3-16H,17H2,1-2H3,(H,26,27). The first-order valence-electron chi connectivity index (χ1n) is 8.71. The summed E-state index contributed by atoms with van der Waals surface area (Å²) in [5.74, 6) is 0.789. The Kier molecular flexibility index (Phi) is 6.44. The second-order valence-corrected chi connectivity index (χ2v) is 12.4. The molecule has 0 N–H and O–H groups in total. The molecule has 0 aliphatic rings. The van der Waals surface area contributed by atoms with Crippen molar-refractivity contribution in [3.05, 3.63) is 96.1 Å². The molecular weight excluding hydrogens is 391 g/mol. The molecule has 3 aromatic carbocycles. The van der Waals surface area contributed by atoms with Gasteiger partial charge in [0.05, 0.1) is 7.11 Å². The molecule has 140 valence electrons. The van der Waals surface area contributed by atoms with Gasteiger partial charge in [0.15, 0.2) is 0 Å². The maximum Gasteiger partial charge on any atom is 0.146 e. The fourth-order valence-corrected chi connectivity index (χ4v) is 6.21. The van der Waals surface area contributed by atoms with Crippen LogP contribution in [0.25, 0.3) is 0 Å². The van der Waals surface area contributed by atoms with E-state index in [4.69, 9.17) is 33.3 Å².